The summed E-state index contributed by atoms with van der Waals surface area (Å²) in [6.45, 7) is 2.74. The van der Waals surface area contributed by atoms with E-state index >= 15 is 0 Å². The van der Waals surface area contributed by atoms with Gasteiger partial charge in [-0.25, -0.2) is 0 Å². The summed E-state index contributed by atoms with van der Waals surface area (Å²) in [5.41, 5.74) is 8.31. The molecular weight excluding hydrogens is 238 g/mol. The average molecular weight is 259 g/mol. The Hall–Kier alpha value is -1.81. The first kappa shape index (κ1) is 13.6. The molecule has 0 bridgehead atoms. The third-order valence-electron chi connectivity index (χ3n) is 3.17. The predicted molar refractivity (Wildman–Crippen MR) is 76.1 cm³/mol. The molecule has 0 aliphatic heterocycles. The van der Waals surface area contributed by atoms with Gasteiger partial charge in [-0.1, -0.05) is 19.1 Å². The second kappa shape index (κ2) is 6.38. The van der Waals surface area contributed by atoms with Crippen LogP contribution in [0.1, 0.15) is 30.5 Å². The van der Waals surface area contributed by atoms with E-state index in [4.69, 9.17) is 10.5 Å². The van der Waals surface area contributed by atoms with Crippen LogP contribution in [0.3, 0.4) is 0 Å². The molecule has 0 aliphatic rings. The van der Waals surface area contributed by atoms with Crippen LogP contribution < -0.4 is 10.5 Å². The average Bonchev–Trinajstić information content (AvgIpc) is 2.84. The highest BCUT2D eigenvalue weighted by Crippen LogP contribution is 2.18. The second-order valence-electron chi connectivity index (χ2n) is 4.70. The standard InChI is InChI=1S/C15H21N3O/c1-3-15(16)13-4-6-14(7-5-13)19-9-8-12-10-17-18(2)11-12/h4-7,10-11,15H,3,8-9,16H2,1-2H3/t15-/m0/s1. The smallest absolute Gasteiger partial charge is 0.119 e. The van der Waals surface area contributed by atoms with Crippen molar-refractivity contribution in [2.24, 2.45) is 12.8 Å². The monoisotopic (exact) mass is 259 g/mol. The maximum absolute atomic E-state index is 5.97. The van der Waals surface area contributed by atoms with Gasteiger partial charge in [-0.05, 0) is 29.7 Å². The van der Waals surface area contributed by atoms with Gasteiger partial charge in [0.1, 0.15) is 5.75 Å². The Morgan fingerprint density at radius 1 is 1.32 bits per heavy atom. The first-order valence-corrected chi connectivity index (χ1v) is 6.65. The Labute approximate surface area is 114 Å². The minimum Gasteiger partial charge on any atom is -0.493 e. The SMILES string of the molecule is CC[C@H](N)c1ccc(OCCc2cnn(C)c2)cc1. The van der Waals surface area contributed by atoms with Crippen molar-refractivity contribution in [3.8, 4) is 5.75 Å². The molecule has 102 valence electrons. The zero-order valence-corrected chi connectivity index (χ0v) is 11.5. The molecule has 0 saturated carbocycles. The van der Waals surface area contributed by atoms with Crippen LogP contribution >= 0.6 is 0 Å². The fourth-order valence-electron chi connectivity index (χ4n) is 1.93. The van der Waals surface area contributed by atoms with Crippen LogP contribution in [0.5, 0.6) is 5.75 Å². The van der Waals surface area contributed by atoms with Crippen LogP contribution in [-0.2, 0) is 13.5 Å². The van der Waals surface area contributed by atoms with E-state index in [9.17, 15) is 0 Å². The van der Waals surface area contributed by atoms with Gasteiger partial charge in [0.2, 0.25) is 0 Å². The lowest BCUT2D eigenvalue weighted by Gasteiger charge is -2.10. The molecule has 0 amide bonds. The molecule has 0 fully saturated rings. The molecule has 0 saturated heterocycles. The normalized spacial score (nSPS) is 12.4. The van der Waals surface area contributed by atoms with E-state index in [0.717, 1.165) is 24.2 Å². The third-order valence-corrected chi connectivity index (χ3v) is 3.17. The highest BCUT2D eigenvalue weighted by molar-refractivity contribution is 5.29. The molecule has 1 atom stereocenters. The van der Waals surface area contributed by atoms with Gasteiger partial charge in [-0.3, -0.25) is 4.68 Å². The fourth-order valence-corrected chi connectivity index (χ4v) is 1.93. The number of rotatable bonds is 6. The Kier molecular flexibility index (Phi) is 4.58. The van der Waals surface area contributed by atoms with E-state index in [1.165, 1.54) is 5.56 Å². The van der Waals surface area contributed by atoms with Gasteiger partial charge in [0.05, 0.1) is 12.8 Å². The minimum atomic E-state index is 0.115. The van der Waals surface area contributed by atoms with Crippen molar-refractivity contribution >= 4 is 0 Å². The van der Waals surface area contributed by atoms with Crippen LogP contribution in [0.25, 0.3) is 0 Å². The molecule has 2 rings (SSSR count). The van der Waals surface area contributed by atoms with Crippen molar-refractivity contribution in [2.75, 3.05) is 6.61 Å². The number of aryl methyl sites for hydroxylation is 1. The van der Waals surface area contributed by atoms with Crippen molar-refractivity contribution in [1.29, 1.82) is 0 Å². The van der Waals surface area contributed by atoms with Crippen LogP contribution in [0, 0.1) is 0 Å². The molecule has 1 heterocycles. The molecule has 4 heteroatoms. The number of nitrogens with zero attached hydrogens (tertiary/aromatic N) is 2. The van der Waals surface area contributed by atoms with Crippen molar-refractivity contribution in [1.82, 2.24) is 9.78 Å². The lowest BCUT2D eigenvalue weighted by molar-refractivity contribution is 0.322. The Balaban J connectivity index is 1.83. The van der Waals surface area contributed by atoms with Crippen LogP contribution in [0.4, 0.5) is 0 Å². The maximum atomic E-state index is 5.97. The third kappa shape index (κ3) is 3.83. The number of nitrogens with two attached hydrogens (primary N) is 1. The Bertz CT molecular complexity index is 504. The first-order chi connectivity index (χ1) is 9.19. The number of ether oxygens (including phenoxy) is 1. The molecule has 0 radical (unpaired) electrons. The van der Waals surface area contributed by atoms with Crippen molar-refractivity contribution in [3.63, 3.8) is 0 Å². The highest BCUT2D eigenvalue weighted by Gasteiger charge is 2.03. The van der Waals surface area contributed by atoms with E-state index in [1.54, 1.807) is 4.68 Å². The summed E-state index contributed by atoms with van der Waals surface area (Å²) >= 11 is 0. The zero-order valence-electron chi connectivity index (χ0n) is 11.5. The summed E-state index contributed by atoms with van der Waals surface area (Å²) < 4.78 is 7.51. The van der Waals surface area contributed by atoms with Gasteiger partial charge in [-0.15, -0.1) is 0 Å². The van der Waals surface area contributed by atoms with E-state index in [1.807, 2.05) is 43.7 Å². The van der Waals surface area contributed by atoms with Gasteiger partial charge >= 0.3 is 0 Å². The van der Waals surface area contributed by atoms with Crippen molar-refractivity contribution in [2.45, 2.75) is 25.8 Å². The summed E-state index contributed by atoms with van der Waals surface area (Å²) in [6.07, 6.45) is 5.69. The van der Waals surface area contributed by atoms with Crippen molar-refractivity contribution < 1.29 is 4.74 Å². The zero-order chi connectivity index (χ0) is 13.7. The molecule has 2 N–H and O–H groups in total. The largest absolute Gasteiger partial charge is 0.493 e. The summed E-state index contributed by atoms with van der Waals surface area (Å²) in [5, 5.41) is 4.13. The lowest BCUT2D eigenvalue weighted by atomic mass is 10.1. The molecule has 1 aromatic carbocycles. The molecule has 0 spiro atoms. The number of aromatic nitrogens is 2. The van der Waals surface area contributed by atoms with Crippen LogP contribution in [0.2, 0.25) is 0 Å². The van der Waals surface area contributed by atoms with Crippen molar-refractivity contribution in [3.05, 3.63) is 47.8 Å². The lowest BCUT2D eigenvalue weighted by Crippen LogP contribution is -2.08. The van der Waals surface area contributed by atoms with Gasteiger partial charge in [0, 0.05) is 25.7 Å². The number of hydrogen-bond acceptors (Lipinski definition) is 3. The Morgan fingerprint density at radius 2 is 2.05 bits per heavy atom. The highest BCUT2D eigenvalue weighted by atomic mass is 16.5. The quantitative estimate of drug-likeness (QED) is 0.867. The van der Waals surface area contributed by atoms with E-state index in [2.05, 4.69) is 12.0 Å². The fraction of sp³-hybridized carbons (Fsp3) is 0.400. The Morgan fingerprint density at radius 3 is 2.63 bits per heavy atom. The summed E-state index contributed by atoms with van der Waals surface area (Å²) in [7, 11) is 1.92. The molecular formula is C15H21N3O. The molecule has 1 aromatic heterocycles. The van der Waals surface area contributed by atoms with E-state index in [-0.39, 0.29) is 6.04 Å². The predicted octanol–water partition coefficient (Wildman–Crippen LogP) is 2.45. The van der Waals surface area contributed by atoms with E-state index in [0.29, 0.717) is 6.61 Å². The number of benzene rings is 1. The van der Waals surface area contributed by atoms with Crippen LogP contribution in [0.15, 0.2) is 36.7 Å². The van der Waals surface area contributed by atoms with E-state index < -0.39 is 0 Å². The number of hydrogen-bond donors (Lipinski definition) is 1. The first-order valence-electron chi connectivity index (χ1n) is 6.65. The van der Waals surface area contributed by atoms with Gasteiger partial charge in [0.25, 0.3) is 0 Å². The van der Waals surface area contributed by atoms with Crippen LogP contribution in [-0.4, -0.2) is 16.4 Å². The molecule has 0 unspecified atom stereocenters. The molecule has 2 aromatic rings. The van der Waals surface area contributed by atoms with Gasteiger partial charge in [0.15, 0.2) is 0 Å². The summed E-state index contributed by atoms with van der Waals surface area (Å²) in [5.74, 6) is 0.885. The molecule has 0 aliphatic carbocycles. The summed E-state index contributed by atoms with van der Waals surface area (Å²) in [6, 6.07) is 8.15. The summed E-state index contributed by atoms with van der Waals surface area (Å²) in [4.78, 5) is 0. The minimum absolute atomic E-state index is 0.115. The van der Waals surface area contributed by atoms with Gasteiger partial charge in [-0.2, -0.15) is 5.10 Å². The molecule has 4 nitrogen and oxygen atoms in total. The maximum Gasteiger partial charge on any atom is 0.119 e. The topological polar surface area (TPSA) is 53.1 Å². The van der Waals surface area contributed by atoms with Gasteiger partial charge < -0.3 is 10.5 Å². The molecule has 19 heavy (non-hydrogen) atoms. The second-order valence-corrected chi connectivity index (χ2v) is 4.70.